The van der Waals surface area contributed by atoms with Crippen molar-refractivity contribution < 1.29 is 9.84 Å². The maximum Gasteiger partial charge on any atom is 0.0538 e. The molecule has 1 unspecified atom stereocenters. The van der Waals surface area contributed by atoms with Gasteiger partial charge >= 0.3 is 0 Å². The fraction of sp³-hybridized carbons (Fsp3) is 1.00. The molecule has 1 atom stereocenters. The third-order valence-electron chi connectivity index (χ3n) is 1.94. The molecule has 0 heterocycles. The summed E-state index contributed by atoms with van der Waals surface area (Å²) in [6.45, 7) is 5.84. The summed E-state index contributed by atoms with van der Waals surface area (Å²) < 4.78 is 5.36. The molecule has 0 fully saturated rings. The van der Waals surface area contributed by atoms with Gasteiger partial charge in [0.05, 0.1) is 6.10 Å². The SMILES string of the molecule is CCCCOCCCC(O)CC. The van der Waals surface area contributed by atoms with Crippen LogP contribution >= 0.6 is 0 Å². The highest BCUT2D eigenvalue weighted by atomic mass is 16.5. The predicted molar refractivity (Wildman–Crippen MR) is 51.3 cm³/mol. The topological polar surface area (TPSA) is 29.5 Å². The van der Waals surface area contributed by atoms with Crippen molar-refractivity contribution in [3.8, 4) is 0 Å². The van der Waals surface area contributed by atoms with E-state index in [0.29, 0.717) is 0 Å². The largest absolute Gasteiger partial charge is 0.393 e. The van der Waals surface area contributed by atoms with Gasteiger partial charge in [0.15, 0.2) is 0 Å². The molecule has 2 heteroatoms. The van der Waals surface area contributed by atoms with Crippen LogP contribution in [-0.2, 0) is 4.74 Å². The number of unbranched alkanes of at least 4 members (excludes halogenated alkanes) is 1. The highest BCUT2D eigenvalue weighted by Crippen LogP contribution is 2.01. The summed E-state index contributed by atoms with van der Waals surface area (Å²) in [4.78, 5) is 0. The molecule has 0 bridgehead atoms. The molecule has 0 aliphatic rings. The average Bonchev–Trinajstić information content (AvgIpc) is 2.10. The molecule has 1 N–H and O–H groups in total. The molecule has 0 aliphatic carbocycles. The minimum Gasteiger partial charge on any atom is -0.393 e. The normalized spacial score (nSPS) is 13.2. The van der Waals surface area contributed by atoms with E-state index in [4.69, 9.17) is 4.74 Å². The number of ether oxygens (including phenoxy) is 1. The molecule has 0 aromatic heterocycles. The molecule has 0 aromatic carbocycles. The van der Waals surface area contributed by atoms with E-state index in [2.05, 4.69) is 6.92 Å². The van der Waals surface area contributed by atoms with Crippen LogP contribution < -0.4 is 0 Å². The quantitative estimate of drug-likeness (QED) is 0.572. The van der Waals surface area contributed by atoms with Gasteiger partial charge in [-0.3, -0.25) is 0 Å². The Morgan fingerprint density at radius 3 is 2.42 bits per heavy atom. The zero-order valence-corrected chi connectivity index (χ0v) is 8.38. The molecule has 0 saturated carbocycles. The molecule has 0 aromatic rings. The van der Waals surface area contributed by atoms with Gasteiger partial charge in [0.1, 0.15) is 0 Å². The lowest BCUT2D eigenvalue weighted by molar-refractivity contribution is 0.103. The lowest BCUT2D eigenvalue weighted by atomic mass is 10.1. The van der Waals surface area contributed by atoms with Crippen molar-refractivity contribution >= 4 is 0 Å². The Bertz CT molecular complexity index is 83.9. The maximum absolute atomic E-state index is 9.21. The summed E-state index contributed by atoms with van der Waals surface area (Å²) in [6.07, 6.45) is 4.93. The average molecular weight is 174 g/mol. The Balaban J connectivity index is 2.90. The van der Waals surface area contributed by atoms with Crippen LogP contribution in [0.4, 0.5) is 0 Å². The Labute approximate surface area is 75.9 Å². The molecule has 74 valence electrons. The van der Waals surface area contributed by atoms with Crippen molar-refractivity contribution in [1.82, 2.24) is 0 Å². The van der Waals surface area contributed by atoms with Gasteiger partial charge in [0.2, 0.25) is 0 Å². The van der Waals surface area contributed by atoms with E-state index in [1.807, 2.05) is 6.92 Å². The molecule has 0 amide bonds. The van der Waals surface area contributed by atoms with Gasteiger partial charge in [-0.1, -0.05) is 20.3 Å². The number of rotatable bonds is 8. The van der Waals surface area contributed by atoms with Crippen LogP contribution in [0.5, 0.6) is 0 Å². The Kier molecular flexibility index (Phi) is 8.95. The first-order valence-corrected chi connectivity index (χ1v) is 5.07. The molecule has 0 radical (unpaired) electrons. The van der Waals surface area contributed by atoms with Crippen LogP contribution in [0.15, 0.2) is 0 Å². The summed E-state index contributed by atoms with van der Waals surface area (Å²) in [5.41, 5.74) is 0. The minimum atomic E-state index is -0.125. The molecule has 12 heavy (non-hydrogen) atoms. The van der Waals surface area contributed by atoms with Crippen LogP contribution in [-0.4, -0.2) is 24.4 Å². The van der Waals surface area contributed by atoms with Gasteiger partial charge in [-0.2, -0.15) is 0 Å². The molecule has 0 saturated heterocycles. The smallest absolute Gasteiger partial charge is 0.0538 e. The van der Waals surface area contributed by atoms with Crippen molar-refractivity contribution in [2.45, 2.75) is 52.1 Å². The van der Waals surface area contributed by atoms with E-state index in [1.54, 1.807) is 0 Å². The summed E-state index contributed by atoms with van der Waals surface area (Å²) in [5.74, 6) is 0. The third-order valence-corrected chi connectivity index (χ3v) is 1.94. The zero-order chi connectivity index (χ0) is 9.23. The number of hydrogen-bond donors (Lipinski definition) is 1. The minimum absolute atomic E-state index is 0.125. The molecule has 2 nitrogen and oxygen atoms in total. The van der Waals surface area contributed by atoms with Gasteiger partial charge in [0.25, 0.3) is 0 Å². The zero-order valence-electron chi connectivity index (χ0n) is 8.38. The van der Waals surface area contributed by atoms with Gasteiger partial charge in [0, 0.05) is 13.2 Å². The first kappa shape index (κ1) is 11.9. The summed E-state index contributed by atoms with van der Waals surface area (Å²) in [6, 6.07) is 0. The molecule has 0 aliphatic heterocycles. The fourth-order valence-corrected chi connectivity index (χ4v) is 0.974. The fourth-order valence-electron chi connectivity index (χ4n) is 0.974. The second-order valence-electron chi connectivity index (χ2n) is 3.17. The highest BCUT2D eigenvalue weighted by Gasteiger charge is 1.98. The molecular weight excluding hydrogens is 152 g/mol. The van der Waals surface area contributed by atoms with Gasteiger partial charge in [-0.05, 0) is 25.7 Å². The first-order chi connectivity index (χ1) is 5.81. The summed E-state index contributed by atoms with van der Waals surface area (Å²) in [7, 11) is 0. The van der Waals surface area contributed by atoms with E-state index in [1.165, 1.54) is 6.42 Å². The van der Waals surface area contributed by atoms with Crippen LogP contribution in [0.2, 0.25) is 0 Å². The number of aliphatic hydroxyl groups is 1. The van der Waals surface area contributed by atoms with Crippen molar-refractivity contribution in [2.75, 3.05) is 13.2 Å². The van der Waals surface area contributed by atoms with Crippen LogP contribution in [0.25, 0.3) is 0 Å². The van der Waals surface area contributed by atoms with E-state index in [0.717, 1.165) is 38.9 Å². The summed E-state index contributed by atoms with van der Waals surface area (Å²) >= 11 is 0. The van der Waals surface area contributed by atoms with E-state index >= 15 is 0 Å². The Morgan fingerprint density at radius 2 is 1.83 bits per heavy atom. The number of hydrogen-bond acceptors (Lipinski definition) is 2. The van der Waals surface area contributed by atoms with Crippen LogP contribution in [0, 0.1) is 0 Å². The van der Waals surface area contributed by atoms with Crippen molar-refractivity contribution in [3.63, 3.8) is 0 Å². The Hall–Kier alpha value is -0.0800. The molecule has 0 spiro atoms. The van der Waals surface area contributed by atoms with E-state index in [9.17, 15) is 5.11 Å². The second-order valence-corrected chi connectivity index (χ2v) is 3.17. The molecule has 0 rings (SSSR count). The highest BCUT2D eigenvalue weighted by molar-refractivity contribution is 4.51. The number of aliphatic hydroxyl groups excluding tert-OH is 1. The van der Waals surface area contributed by atoms with Crippen molar-refractivity contribution in [1.29, 1.82) is 0 Å². The standard InChI is InChI=1S/C10H22O2/c1-3-5-8-12-9-6-7-10(11)4-2/h10-11H,3-9H2,1-2H3. The first-order valence-electron chi connectivity index (χ1n) is 5.07. The monoisotopic (exact) mass is 174 g/mol. The predicted octanol–water partition coefficient (Wildman–Crippen LogP) is 2.35. The van der Waals surface area contributed by atoms with Gasteiger partial charge < -0.3 is 9.84 Å². The van der Waals surface area contributed by atoms with Crippen LogP contribution in [0.1, 0.15) is 46.0 Å². The van der Waals surface area contributed by atoms with Crippen LogP contribution in [0.3, 0.4) is 0 Å². The second kappa shape index (κ2) is 9.01. The van der Waals surface area contributed by atoms with Crippen molar-refractivity contribution in [3.05, 3.63) is 0 Å². The van der Waals surface area contributed by atoms with E-state index < -0.39 is 0 Å². The van der Waals surface area contributed by atoms with E-state index in [-0.39, 0.29) is 6.10 Å². The van der Waals surface area contributed by atoms with Gasteiger partial charge in [-0.25, -0.2) is 0 Å². The Morgan fingerprint density at radius 1 is 1.17 bits per heavy atom. The maximum atomic E-state index is 9.21. The summed E-state index contributed by atoms with van der Waals surface area (Å²) in [5, 5.41) is 9.21. The third kappa shape index (κ3) is 8.02. The lowest BCUT2D eigenvalue weighted by Crippen LogP contribution is -2.06. The van der Waals surface area contributed by atoms with Crippen molar-refractivity contribution in [2.24, 2.45) is 0 Å². The molecular formula is C10H22O2. The lowest BCUT2D eigenvalue weighted by Gasteiger charge is -2.07. The van der Waals surface area contributed by atoms with Gasteiger partial charge in [-0.15, -0.1) is 0 Å².